The van der Waals surface area contributed by atoms with Crippen molar-refractivity contribution in [1.29, 1.82) is 0 Å². The van der Waals surface area contributed by atoms with Crippen LogP contribution < -0.4 is 14.8 Å². The highest BCUT2D eigenvalue weighted by atomic mass is 35.5. The maximum Gasteiger partial charge on any atom is 0.248 e. The fraction of sp³-hybridized carbons (Fsp3) is 0.211. The minimum absolute atomic E-state index is 0.199. The molecule has 4 nitrogen and oxygen atoms in total. The van der Waals surface area contributed by atoms with Crippen molar-refractivity contribution in [3.05, 3.63) is 58.1 Å². The standard InChI is InChI=1S/C19H18ClNO3/c1-12-4-3-5-16(13(12)2)21-18(22)7-6-14-10-15(20)19-17(11-14)23-8-9-24-19/h3-7,10-11H,8-9H2,1-2H3,(H,21,22)/b7-6+. The van der Waals surface area contributed by atoms with Crippen molar-refractivity contribution in [2.75, 3.05) is 18.5 Å². The molecule has 0 unspecified atom stereocenters. The third-order valence-electron chi connectivity index (χ3n) is 3.91. The summed E-state index contributed by atoms with van der Waals surface area (Å²) in [5.41, 5.74) is 3.78. The number of anilines is 1. The highest BCUT2D eigenvalue weighted by Gasteiger charge is 2.16. The van der Waals surface area contributed by atoms with E-state index in [1.807, 2.05) is 38.1 Å². The van der Waals surface area contributed by atoms with Crippen LogP contribution >= 0.6 is 11.6 Å². The van der Waals surface area contributed by atoms with Gasteiger partial charge in [0.1, 0.15) is 13.2 Å². The lowest BCUT2D eigenvalue weighted by atomic mass is 10.1. The number of carbonyl (C=O) groups excluding carboxylic acids is 1. The summed E-state index contributed by atoms with van der Waals surface area (Å²) in [6.07, 6.45) is 3.17. The molecule has 0 aromatic heterocycles. The van der Waals surface area contributed by atoms with E-state index in [4.69, 9.17) is 21.1 Å². The predicted molar refractivity (Wildman–Crippen MR) is 96.0 cm³/mol. The molecule has 0 spiro atoms. The van der Waals surface area contributed by atoms with Crippen LogP contribution in [0.5, 0.6) is 11.5 Å². The maximum atomic E-state index is 12.1. The van der Waals surface area contributed by atoms with E-state index in [1.165, 1.54) is 6.08 Å². The fourth-order valence-electron chi connectivity index (χ4n) is 2.46. The Labute approximate surface area is 146 Å². The molecule has 0 saturated carbocycles. The van der Waals surface area contributed by atoms with Crippen LogP contribution in [-0.4, -0.2) is 19.1 Å². The van der Waals surface area contributed by atoms with E-state index < -0.39 is 0 Å². The molecule has 0 radical (unpaired) electrons. The minimum atomic E-state index is -0.199. The van der Waals surface area contributed by atoms with Gasteiger partial charge < -0.3 is 14.8 Å². The minimum Gasteiger partial charge on any atom is -0.486 e. The molecule has 1 heterocycles. The largest absolute Gasteiger partial charge is 0.486 e. The van der Waals surface area contributed by atoms with Crippen molar-refractivity contribution in [2.45, 2.75) is 13.8 Å². The maximum absolute atomic E-state index is 12.1. The topological polar surface area (TPSA) is 47.6 Å². The number of nitrogens with one attached hydrogen (secondary N) is 1. The van der Waals surface area contributed by atoms with Crippen molar-refractivity contribution >= 4 is 29.3 Å². The normalized spacial score (nSPS) is 13.1. The Hall–Kier alpha value is -2.46. The van der Waals surface area contributed by atoms with Crippen molar-refractivity contribution in [3.63, 3.8) is 0 Å². The van der Waals surface area contributed by atoms with Gasteiger partial charge in [0.2, 0.25) is 5.91 Å². The number of hydrogen-bond donors (Lipinski definition) is 1. The van der Waals surface area contributed by atoms with Crippen LogP contribution in [0.2, 0.25) is 5.02 Å². The van der Waals surface area contributed by atoms with Gasteiger partial charge in [0.05, 0.1) is 5.02 Å². The van der Waals surface area contributed by atoms with Crippen molar-refractivity contribution in [2.24, 2.45) is 0 Å². The summed E-state index contributed by atoms with van der Waals surface area (Å²) in [6.45, 7) is 4.97. The summed E-state index contributed by atoms with van der Waals surface area (Å²) in [4.78, 5) is 12.1. The molecule has 5 heteroatoms. The van der Waals surface area contributed by atoms with Gasteiger partial charge >= 0.3 is 0 Å². The summed E-state index contributed by atoms with van der Waals surface area (Å²) < 4.78 is 11.0. The Balaban J connectivity index is 1.75. The first-order valence-corrected chi connectivity index (χ1v) is 8.07. The molecular formula is C19H18ClNO3. The summed E-state index contributed by atoms with van der Waals surface area (Å²) >= 11 is 6.19. The Bertz CT molecular complexity index is 814. The van der Waals surface area contributed by atoms with E-state index in [0.717, 1.165) is 22.4 Å². The van der Waals surface area contributed by atoms with E-state index in [1.54, 1.807) is 12.1 Å². The zero-order chi connectivity index (χ0) is 17.1. The molecule has 0 bridgehead atoms. The first kappa shape index (κ1) is 16.4. The molecule has 2 aromatic carbocycles. The smallest absolute Gasteiger partial charge is 0.248 e. The molecule has 1 aliphatic rings. The Morgan fingerprint density at radius 3 is 2.83 bits per heavy atom. The van der Waals surface area contributed by atoms with Crippen molar-refractivity contribution < 1.29 is 14.3 Å². The molecule has 0 atom stereocenters. The van der Waals surface area contributed by atoms with Gasteiger partial charge in [-0.05, 0) is 54.8 Å². The van der Waals surface area contributed by atoms with E-state index in [0.29, 0.717) is 29.7 Å². The van der Waals surface area contributed by atoms with Gasteiger partial charge in [-0.1, -0.05) is 23.7 Å². The van der Waals surface area contributed by atoms with Crippen molar-refractivity contribution in [3.8, 4) is 11.5 Å². The zero-order valence-electron chi connectivity index (χ0n) is 13.6. The van der Waals surface area contributed by atoms with Gasteiger partial charge in [-0.2, -0.15) is 0 Å². The lowest BCUT2D eigenvalue weighted by molar-refractivity contribution is -0.111. The molecule has 24 heavy (non-hydrogen) atoms. The van der Waals surface area contributed by atoms with Gasteiger partial charge in [-0.25, -0.2) is 0 Å². The molecular weight excluding hydrogens is 326 g/mol. The Morgan fingerprint density at radius 1 is 1.21 bits per heavy atom. The number of aryl methyl sites for hydroxylation is 1. The van der Waals surface area contributed by atoms with Crippen LogP contribution in [0.3, 0.4) is 0 Å². The average Bonchev–Trinajstić information content (AvgIpc) is 2.57. The first-order valence-electron chi connectivity index (χ1n) is 7.69. The lowest BCUT2D eigenvalue weighted by Gasteiger charge is -2.19. The lowest BCUT2D eigenvalue weighted by Crippen LogP contribution is -2.15. The molecule has 0 saturated heterocycles. The third-order valence-corrected chi connectivity index (χ3v) is 4.19. The van der Waals surface area contributed by atoms with Gasteiger partial charge in [0, 0.05) is 11.8 Å². The summed E-state index contributed by atoms with van der Waals surface area (Å²) in [5.74, 6) is 0.956. The van der Waals surface area contributed by atoms with E-state index in [-0.39, 0.29) is 5.91 Å². The summed E-state index contributed by atoms with van der Waals surface area (Å²) in [6, 6.07) is 9.37. The molecule has 0 fully saturated rings. The molecule has 1 amide bonds. The van der Waals surface area contributed by atoms with E-state index in [2.05, 4.69) is 5.32 Å². The number of hydrogen-bond acceptors (Lipinski definition) is 3. The molecule has 0 aliphatic carbocycles. The van der Waals surface area contributed by atoms with Crippen LogP contribution in [0.1, 0.15) is 16.7 Å². The predicted octanol–water partition coefficient (Wildman–Crippen LogP) is 4.38. The second kappa shape index (κ2) is 6.97. The van der Waals surface area contributed by atoms with Crippen molar-refractivity contribution in [1.82, 2.24) is 0 Å². The first-order chi connectivity index (χ1) is 11.5. The number of fused-ring (bicyclic) bond motifs is 1. The van der Waals surface area contributed by atoms with E-state index in [9.17, 15) is 4.79 Å². The molecule has 1 aliphatic heterocycles. The van der Waals surface area contributed by atoms with Crippen LogP contribution in [0, 0.1) is 13.8 Å². The number of benzene rings is 2. The van der Waals surface area contributed by atoms with Gasteiger partial charge in [0.15, 0.2) is 11.5 Å². The molecule has 1 N–H and O–H groups in total. The number of rotatable bonds is 3. The average molecular weight is 344 g/mol. The zero-order valence-corrected chi connectivity index (χ0v) is 14.3. The quantitative estimate of drug-likeness (QED) is 0.841. The number of amides is 1. The number of ether oxygens (including phenoxy) is 2. The number of halogens is 1. The van der Waals surface area contributed by atoms with Gasteiger partial charge in [0.25, 0.3) is 0 Å². The van der Waals surface area contributed by atoms with Crippen LogP contribution in [0.4, 0.5) is 5.69 Å². The van der Waals surface area contributed by atoms with Gasteiger partial charge in [-0.3, -0.25) is 4.79 Å². The van der Waals surface area contributed by atoms with Crippen LogP contribution in [0.25, 0.3) is 6.08 Å². The molecule has 3 rings (SSSR count). The fourth-order valence-corrected chi connectivity index (χ4v) is 2.73. The van der Waals surface area contributed by atoms with Crippen LogP contribution in [-0.2, 0) is 4.79 Å². The Kier molecular flexibility index (Phi) is 4.76. The highest BCUT2D eigenvalue weighted by Crippen LogP contribution is 2.38. The van der Waals surface area contributed by atoms with Crippen LogP contribution in [0.15, 0.2) is 36.4 Å². The molecule has 2 aromatic rings. The Morgan fingerprint density at radius 2 is 2.00 bits per heavy atom. The highest BCUT2D eigenvalue weighted by molar-refractivity contribution is 6.32. The summed E-state index contributed by atoms with van der Waals surface area (Å²) in [7, 11) is 0. The van der Waals surface area contributed by atoms with E-state index >= 15 is 0 Å². The number of carbonyl (C=O) groups is 1. The second-order valence-corrected chi connectivity index (χ2v) is 6.00. The second-order valence-electron chi connectivity index (χ2n) is 5.60. The van der Waals surface area contributed by atoms with Gasteiger partial charge in [-0.15, -0.1) is 0 Å². The molecule has 124 valence electrons. The third kappa shape index (κ3) is 3.54. The SMILES string of the molecule is Cc1cccc(NC(=O)/C=C/c2cc(Cl)c3c(c2)OCCO3)c1C. The summed E-state index contributed by atoms with van der Waals surface area (Å²) in [5, 5.41) is 3.36. The monoisotopic (exact) mass is 343 g/mol.